The molecule has 1 fully saturated rings. The molecule has 0 saturated carbocycles. The van der Waals surface area contributed by atoms with Gasteiger partial charge < -0.3 is 9.31 Å². The summed E-state index contributed by atoms with van der Waals surface area (Å²) in [4.78, 5) is 8.14. The minimum Gasteiger partial charge on any atom is -0.398 e. The summed E-state index contributed by atoms with van der Waals surface area (Å²) in [6.07, 6.45) is 1.49. The highest BCUT2D eigenvalue weighted by Gasteiger charge is 2.52. The molecule has 1 aliphatic rings. The number of halogens is 1. The van der Waals surface area contributed by atoms with Crippen molar-refractivity contribution in [1.82, 2.24) is 9.97 Å². The molecule has 0 bridgehead atoms. The largest absolute Gasteiger partial charge is 0.514 e. The second-order valence-electron chi connectivity index (χ2n) is 4.85. The average molecular weight is 285 g/mol. The van der Waals surface area contributed by atoms with Crippen LogP contribution in [0.25, 0.3) is 0 Å². The maximum absolute atomic E-state index is 5.87. The third-order valence-corrected chi connectivity index (χ3v) is 3.58. The predicted molar refractivity (Wildman–Crippen MR) is 65.4 cm³/mol. The normalized spacial score (nSPS) is 22.4. The van der Waals surface area contributed by atoms with E-state index in [2.05, 4.69) is 25.9 Å². The predicted octanol–water partition coefficient (Wildman–Crippen LogP) is 1.54. The zero-order chi connectivity index (χ0) is 12.0. The summed E-state index contributed by atoms with van der Waals surface area (Å²) >= 11 is 3.30. The third kappa shape index (κ3) is 2.01. The SMILES string of the molecule is CC1(C)OB(c2cc(Br)ncn2)OC1(C)C. The minimum absolute atomic E-state index is 0.338. The molecule has 1 aromatic heterocycles. The van der Waals surface area contributed by atoms with E-state index >= 15 is 0 Å². The zero-order valence-corrected chi connectivity index (χ0v) is 11.4. The van der Waals surface area contributed by atoms with Gasteiger partial charge in [-0.25, -0.2) is 9.97 Å². The van der Waals surface area contributed by atoms with Crippen LogP contribution in [0.3, 0.4) is 0 Å². The van der Waals surface area contributed by atoms with Crippen LogP contribution in [0.4, 0.5) is 0 Å². The van der Waals surface area contributed by atoms with Gasteiger partial charge in [0.2, 0.25) is 0 Å². The van der Waals surface area contributed by atoms with Crippen molar-refractivity contribution < 1.29 is 9.31 Å². The van der Waals surface area contributed by atoms with Gasteiger partial charge in [0.25, 0.3) is 0 Å². The molecule has 16 heavy (non-hydrogen) atoms. The van der Waals surface area contributed by atoms with Crippen LogP contribution in [0.5, 0.6) is 0 Å². The Morgan fingerprint density at radius 2 is 1.69 bits per heavy atom. The third-order valence-electron chi connectivity index (χ3n) is 3.15. The van der Waals surface area contributed by atoms with Gasteiger partial charge in [-0.05, 0) is 49.7 Å². The lowest BCUT2D eigenvalue weighted by Gasteiger charge is -2.32. The van der Waals surface area contributed by atoms with Gasteiger partial charge in [0.05, 0.1) is 16.8 Å². The second kappa shape index (κ2) is 3.79. The fourth-order valence-corrected chi connectivity index (χ4v) is 1.77. The van der Waals surface area contributed by atoms with E-state index in [-0.39, 0.29) is 11.2 Å². The number of aromatic nitrogens is 2. The van der Waals surface area contributed by atoms with Gasteiger partial charge in [0.1, 0.15) is 10.9 Å². The van der Waals surface area contributed by atoms with Gasteiger partial charge in [-0.15, -0.1) is 0 Å². The summed E-state index contributed by atoms with van der Waals surface area (Å²) in [5, 5.41) is 0. The standard InChI is InChI=1S/C10H14BBrN2O2/c1-9(2)10(3,4)16-11(15-9)7-5-8(12)14-6-13-7/h5-6H,1-4H3. The van der Waals surface area contributed by atoms with Crippen LogP contribution in [-0.4, -0.2) is 28.3 Å². The van der Waals surface area contributed by atoms with E-state index in [4.69, 9.17) is 9.31 Å². The Morgan fingerprint density at radius 1 is 1.12 bits per heavy atom. The molecule has 1 saturated heterocycles. The molecule has 4 nitrogen and oxygen atoms in total. The first-order chi connectivity index (χ1) is 7.32. The summed E-state index contributed by atoms with van der Waals surface area (Å²) in [5.41, 5.74) is 0.0602. The van der Waals surface area contributed by atoms with Gasteiger partial charge >= 0.3 is 7.12 Å². The number of hydrogen-bond donors (Lipinski definition) is 0. The lowest BCUT2D eigenvalue weighted by Crippen LogP contribution is -2.41. The minimum atomic E-state index is -0.427. The van der Waals surface area contributed by atoms with Crippen LogP contribution in [0.15, 0.2) is 17.0 Å². The Labute approximate surface area is 104 Å². The summed E-state index contributed by atoms with van der Waals surface area (Å²) in [6, 6.07) is 1.81. The van der Waals surface area contributed by atoms with Gasteiger partial charge in [-0.1, -0.05) is 0 Å². The van der Waals surface area contributed by atoms with Crippen molar-refractivity contribution in [2.24, 2.45) is 0 Å². The Hall–Kier alpha value is -0.455. The maximum Gasteiger partial charge on any atom is 0.514 e. The van der Waals surface area contributed by atoms with Crippen LogP contribution in [0, 0.1) is 0 Å². The van der Waals surface area contributed by atoms with E-state index in [1.54, 1.807) is 0 Å². The molecule has 2 rings (SSSR count). The Balaban J connectivity index is 2.27. The first-order valence-corrected chi connectivity index (χ1v) is 5.94. The lowest BCUT2D eigenvalue weighted by molar-refractivity contribution is 0.00578. The van der Waals surface area contributed by atoms with Gasteiger partial charge in [0.15, 0.2) is 0 Å². The monoisotopic (exact) mass is 284 g/mol. The van der Waals surface area contributed by atoms with Crippen LogP contribution in [0.2, 0.25) is 0 Å². The van der Waals surface area contributed by atoms with Crippen LogP contribution < -0.4 is 5.59 Å². The van der Waals surface area contributed by atoms with E-state index < -0.39 is 7.12 Å². The Morgan fingerprint density at radius 3 is 2.19 bits per heavy atom. The van der Waals surface area contributed by atoms with E-state index in [9.17, 15) is 0 Å². The first kappa shape index (κ1) is 12.0. The van der Waals surface area contributed by atoms with Gasteiger partial charge in [-0.3, -0.25) is 0 Å². The quantitative estimate of drug-likeness (QED) is 0.580. The van der Waals surface area contributed by atoms with Crippen LogP contribution in [-0.2, 0) is 9.31 Å². The molecule has 0 N–H and O–H groups in total. The Kier molecular flexibility index (Phi) is 2.84. The number of nitrogens with zero attached hydrogens (tertiary/aromatic N) is 2. The second-order valence-corrected chi connectivity index (χ2v) is 5.67. The topological polar surface area (TPSA) is 44.2 Å². The highest BCUT2D eigenvalue weighted by atomic mass is 79.9. The smallest absolute Gasteiger partial charge is 0.398 e. The molecule has 0 amide bonds. The molecular weight excluding hydrogens is 271 g/mol. The molecule has 0 radical (unpaired) electrons. The number of rotatable bonds is 1. The summed E-state index contributed by atoms with van der Waals surface area (Å²) in [5.74, 6) is 0. The molecule has 1 aromatic rings. The summed E-state index contributed by atoms with van der Waals surface area (Å²) in [6.45, 7) is 8.07. The highest BCUT2D eigenvalue weighted by molar-refractivity contribution is 9.10. The molecule has 6 heteroatoms. The molecule has 0 aliphatic carbocycles. The molecule has 2 heterocycles. The van der Waals surface area contributed by atoms with Crippen molar-refractivity contribution in [3.63, 3.8) is 0 Å². The van der Waals surface area contributed by atoms with Crippen LogP contribution >= 0.6 is 15.9 Å². The highest BCUT2D eigenvalue weighted by Crippen LogP contribution is 2.36. The molecule has 86 valence electrons. The average Bonchev–Trinajstić information content (AvgIpc) is 2.36. The summed E-state index contributed by atoms with van der Waals surface area (Å²) in [7, 11) is -0.427. The van der Waals surface area contributed by atoms with Crippen molar-refractivity contribution in [2.45, 2.75) is 38.9 Å². The molecule has 0 aromatic carbocycles. The van der Waals surface area contributed by atoms with Gasteiger partial charge in [-0.2, -0.15) is 0 Å². The lowest BCUT2D eigenvalue weighted by atomic mass is 9.85. The molecule has 0 unspecified atom stereocenters. The van der Waals surface area contributed by atoms with Crippen molar-refractivity contribution >= 4 is 28.6 Å². The van der Waals surface area contributed by atoms with E-state index in [0.29, 0.717) is 0 Å². The Bertz CT molecular complexity index is 396. The summed E-state index contributed by atoms with van der Waals surface area (Å²) < 4.78 is 12.5. The molecule has 0 atom stereocenters. The fraction of sp³-hybridized carbons (Fsp3) is 0.600. The first-order valence-electron chi connectivity index (χ1n) is 5.15. The van der Waals surface area contributed by atoms with Gasteiger partial charge in [0, 0.05) is 0 Å². The maximum atomic E-state index is 5.87. The molecule has 0 spiro atoms. The van der Waals surface area contributed by atoms with E-state index in [0.717, 1.165) is 10.2 Å². The van der Waals surface area contributed by atoms with Crippen molar-refractivity contribution in [3.05, 3.63) is 17.0 Å². The van der Waals surface area contributed by atoms with Crippen molar-refractivity contribution in [1.29, 1.82) is 0 Å². The zero-order valence-electron chi connectivity index (χ0n) is 9.82. The molecule has 1 aliphatic heterocycles. The van der Waals surface area contributed by atoms with E-state index in [1.807, 2.05) is 33.8 Å². The fourth-order valence-electron chi connectivity index (χ4n) is 1.44. The van der Waals surface area contributed by atoms with Crippen molar-refractivity contribution in [2.75, 3.05) is 0 Å². The number of hydrogen-bond acceptors (Lipinski definition) is 4. The van der Waals surface area contributed by atoms with E-state index in [1.165, 1.54) is 6.33 Å². The van der Waals surface area contributed by atoms with Crippen LogP contribution in [0.1, 0.15) is 27.7 Å². The molecular formula is C10H14BBrN2O2. The van der Waals surface area contributed by atoms with Crippen molar-refractivity contribution in [3.8, 4) is 0 Å².